The van der Waals surface area contributed by atoms with Crippen LogP contribution in [-0.4, -0.2) is 39.4 Å². The summed E-state index contributed by atoms with van der Waals surface area (Å²) in [5.74, 6) is 2.22. The first-order valence-corrected chi connectivity index (χ1v) is 12.9. The van der Waals surface area contributed by atoms with E-state index in [0.717, 1.165) is 25.7 Å². The van der Waals surface area contributed by atoms with E-state index in [-0.39, 0.29) is 29.6 Å². The Hall–Kier alpha value is -0.970. The van der Waals surface area contributed by atoms with Gasteiger partial charge in [-0.1, -0.05) is 45.9 Å². The standard InChI is InChI=1S/C28H44O4/c1-17(2)18(3)8-12-27(5,32)25-24(31)15-23-21-7-6-19-14-20(30)9-11-26(19,4)22(21)10-13-28(23,25)16-29/h8-9,11-12,17-19,21-25,29,31-32H,6-7,10,13-16H2,1-5H3/b12-8+/t18?,19?,21?,22?,23?,24-,25+,26-,27-,28+/m0/s1. The fourth-order valence-corrected chi connectivity index (χ4v) is 8.39. The zero-order valence-corrected chi connectivity index (χ0v) is 20.6. The molecule has 0 amide bonds. The molecule has 0 spiro atoms. The average Bonchev–Trinajstić information content (AvgIpc) is 3.05. The summed E-state index contributed by atoms with van der Waals surface area (Å²) in [6.45, 7) is 10.7. The maximum absolute atomic E-state index is 12.1. The normalized spacial score (nSPS) is 46.6. The molecule has 4 nitrogen and oxygen atoms in total. The van der Waals surface area contributed by atoms with Gasteiger partial charge in [-0.3, -0.25) is 4.79 Å². The highest BCUT2D eigenvalue weighted by atomic mass is 16.3. The molecule has 4 heteroatoms. The van der Waals surface area contributed by atoms with E-state index >= 15 is 0 Å². The van der Waals surface area contributed by atoms with Crippen LogP contribution in [0.1, 0.15) is 73.1 Å². The first kappa shape index (κ1) is 24.2. The molecule has 0 heterocycles. The van der Waals surface area contributed by atoms with Crippen LogP contribution in [0.5, 0.6) is 0 Å². The zero-order chi connectivity index (χ0) is 23.5. The Balaban J connectivity index is 1.65. The van der Waals surface area contributed by atoms with Crippen molar-refractivity contribution in [2.75, 3.05) is 6.61 Å². The third-order valence-electron chi connectivity index (χ3n) is 10.5. The van der Waals surface area contributed by atoms with E-state index in [1.54, 1.807) is 6.08 Å². The minimum Gasteiger partial charge on any atom is -0.396 e. The number of hydrogen-bond acceptors (Lipinski definition) is 4. The lowest BCUT2D eigenvalue weighted by Crippen LogP contribution is -2.57. The molecule has 0 aliphatic heterocycles. The van der Waals surface area contributed by atoms with E-state index in [9.17, 15) is 20.1 Å². The van der Waals surface area contributed by atoms with Gasteiger partial charge >= 0.3 is 0 Å². The Morgan fingerprint density at radius 3 is 2.59 bits per heavy atom. The van der Waals surface area contributed by atoms with E-state index in [1.807, 2.05) is 13.0 Å². The van der Waals surface area contributed by atoms with Crippen molar-refractivity contribution in [2.45, 2.75) is 84.8 Å². The summed E-state index contributed by atoms with van der Waals surface area (Å²) in [7, 11) is 0. The molecule has 3 fully saturated rings. The minimum atomic E-state index is -1.16. The molecule has 0 saturated heterocycles. The van der Waals surface area contributed by atoms with Gasteiger partial charge in [0.15, 0.2) is 5.78 Å². The predicted molar refractivity (Wildman–Crippen MR) is 127 cm³/mol. The van der Waals surface area contributed by atoms with Gasteiger partial charge in [-0.15, -0.1) is 0 Å². The first-order valence-electron chi connectivity index (χ1n) is 12.9. The van der Waals surface area contributed by atoms with Gasteiger partial charge in [-0.2, -0.15) is 0 Å². The number of rotatable bonds is 5. The van der Waals surface area contributed by atoms with Gasteiger partial charge in [0.1, 0.15) is 0 Å². The Morgan fingerprint density at radius 1 is 1.22 bits per heavy atom. The SMILES string of the molecule is CC(C)C(C)/C=C/[C@](C)(O)[C@H]1[C@@H](O)CC2C3CCC4CC(=O)C=C[C@]4(C)C3CC[C@@]21CO. The number of carbonyl (C=O) groups excluding carboxylic acids is 1. The van der Waals surface area contributed by atoms with Crippen LogP contribution < -0.4 is 0 Å². The number of aliphatic hydroxyl groups is 3. The van der Waals surface area contributed by atoms with Gasteiger partial charge in [-0.25, -0.2) is 0 Å². The number of carbonyl (C=O) groups is 1. The van der Waals surface area contributed by atoms with Crippen LogP contribution in [0.15, 0.2) is 24.3 Å². The highest BCUT2D eigenvalue weighted by Gasteiger charge is 2.66. The molecule has 4 aliphatic carbocycles. The molecule has 4 aliphatic rings. The van der Waals surface area contributed by atoms with Gasteiger partial charge in [0.05, 0.1) is 11.7 Å². The van der Waals surface area contributed by atoms with Gasteiger partial charge < -0.3 is 15.3 Å². The lowest BCUT2D eigenvalue weighted by molar-refractivity contribution is -0.142. The zero-order valence-electron chi connectivity index (χ0n) is 20.6. The van der Waals surface area contributed by atoms with Gasteiger partial charge in [0.25, 0.3) is 0 Å². The van der Waals surface area contributed by atoms with Gasteiger partial charge in [0.2, 0.25) is 0 Å². The molecule has 0 aromatic carbocycles. The summed E-state index contributed by atoms with van der Waals surface area (Å²) in [5, 5.41) is 33.7. The smallest absolute Gasteiger partial charge is 0.155 e. The number of allylic oxidation sites excluding steroid dienone is 3. The van der Waals surface area contributed by atoms with Crippen LogP contribution in [-0.2, 0) is 4.79 Å². The molecule has 0 aromatic rings. The summed E-state index contributed by atoms with van der Waals surface area (Å²) in [5.41, 5.74) is -1.59. The van der Waals surface area contributed by atoms with Crippen molar-refractivity contribution in [3.8, 4) is 0 Å². The van der Waals surface area contributed by atoms with Crippen LogP contribution in [0.25, 0.3) is 0 Å². The molecule has 3 saturated carbocycles. The average molecular weight is 445 g/mol. The van der Waals surface area contributed by atoms with Crippen molar-refractivity contribution < 1.29 is 20.1 Å². The van der Waals surface area contributed by atoms with Crippen molar-refractivity contribution >= 4 is 5.78 Å². The number of ketones is 1. The van der Waals surface area contributed by atoms with E-state index in [1.165, 1.54) is 0 Å². The molecular weight excluding hydrogens is 400 g/mol. The molecule has 0 radical (unpaired) electrons. The molecule has 180 valence electrons. The quantitative estimate of drug-likeness (QED) is 0.544. The largest absolute Gasteiger partial charge is 0.396 e. The van der Waals surface area contributed by atoms with E-state index in [0.29, 0.717) is 42.4 Å². The van der Waals surface area contributed by atoms with Crippen LogP contribution in [0.2, 0.25) is 0 Å². The Morgan fingerprint density at radius 2 is 1.94 bits per heavy atom. The van der Waals surface area contributed by atoms with E-state index in [4.69, 9.17) is 0 Å². The third kappa shape index (κ3) is 3.65. The number of hydrogen-bond donors (Lipinski definition) is 3. The Kier molecular flexibility index (Phi) is 6.31. The summed E-state index contributed by atoms with van der Waals surface area (Å²) in [4.78, 5) is 12.1. The van der Waals surface area contributed by atoms with Crippen LogP contribution in [0.4, 0.5) is 0 Å². The van der Waals surface area contributed by atoms with Crippen molar-refractivity contribution in [3.63, 3.8) is 0 Å². The van der Waals surface area contributed by atoms with Crippen LogP contribution in [0.3, 0.4) is 0 Å². The second-order valence-corrected chi connectivity index (χ2v) is 12.4. The highest BCUT2D eigenvalue weighted by Crippen LogP contribution is 2.67. The van der Waals surface area contributed by atoms with Crippen molar-refractivity contribution in [3.05, 3.63) is 24.3 Å². The van der Waals surface area contributed by atoms with Crippen molar-refractivity contribution in [2.24, 2.45) is 52.3 Å². The Bertz CT molecular complexity index is 782. The lowest BCUT2D eigenvalue weighted by Gasteiger charge is -2.59. The van der Waals surface area contributed by atoms with Gasteiger partial charge in [-0.05, 0) is 86.0 Å². The summed E-state index contributed by atoms with van der Waals surface area (Å²) < 4.78 is 0. The lowest BCUT2D eigenvalue weighted by atomic mass is 9.45. The molecule has 0 bridgehead atoms. The number of fused-ring (bicyclic) bond motifs is 5. The fraction of sp³-hybridized carbons (Fsp3) is 0.821. The fourth-order valence-electron chi connectivity index (χ4n) is 8.39. The number of aliphatic hydroxyl groups excluding tert-OH is 2. The molecule has 0 aromatic heterocycles. The molecule has 10 atom stereocenters. The monoisotopic (exact) mass is 444 g/mol. The highest BCUT2D eigenvalue weighted by molar-refractivity contribution is 5.91. The van der Waals surface area contributed by atoms with E-state index in [2.05, 4.69) is 39.8 Å². The van der Waals surface area contributed by atoms with Crippen LogP contribution >= 0.6 is 0 Å². The van der Waals surface area contributed by atoms with Gasteiger partial charge in [0, 0.05) is 24.4 Å². The van der Waals surface area contributed by atoms with E-state index < -0.39 is 17.1 Å². The first-order chi connectivity index (χ1) is 15.0. The molecule has 32 heavy (non-hydrogen) atoms. The van der Waals surface area contributed by atoms with Crippen molar-refractivity contribution in [1.82, 2.24) is 0 Å². The topological polar surface area (TPSA) is 77.8 Å². The second-order valence-electron chi connectivity index (χ2n) is 12.4. The summed E-state index contributed by atoms with van der Waals surface area (Å²) in [6.07, 6.45) is 12.5. The molecule has 3 N–H and O–H groups in total. The maximum Gasteiger partial charge on any atom is 0.155 e. The summed E-state index contributed by atoms with van der Waals surface area (Å²) >= 11 is 0. The maximum atomic E-state index is 12.1. The third-order valence-corrected chi connectivity index (χ3v) is 10.5. The second kappa shape index (κ2) is 8.36. The van der Waals surface area contributed by atoms with Crippen LogP contribution in [0, 0.1) is 52.3 Å². The minimum absolute atomic E-state index is 0.0147. The molecule has 4 rings (SSSR count). The summed E-state index contributed by atoms with van der Waals surface area (Å²) in [6, 6.07) is 0. The Labute approximate surface area is 194 Å². The molecule has 5 unspecified atom stereocenters. The molecular formula is C28H44O4. The van der Waals surface area contributed by atoms with Crippen molar-refractivity contribution in [1.29, 1.82) is 0 Å². The predicted octanol–water partition coefficient (Wildman–Crippen LogP) is 4.53.